The lowest BCUT2D eigenvalue weighted by atomic mass is 9.86. The Kier molecular flexibility index (Phi) is 24.5. The van der Waals surface area contributed by atoms with Gasteiger partial charge in [0, 0.05) is 71.1 Å². The molecule has 15 nitrogen and oxygen atoms in total. The van der Waals surface area contributed by atoms with E-state index in [0.717, 1.165) is 191 Å². The van der Waals surface area contributed by atoms with Gasteiger partial charge in [-0.2, -0.15) is 0 Å². The van der Waals surface area contributed by atoms with Crippen molar-refractivity contribution in [3.63, 3.8) is 0 Å². The van der Waals surface area contributed by atoms with Gasteiger partial charge >= 0.3 is 17.9 Å². The predicted molar refractivity (Wildman–Crippen MR) is 427 cm³/mol. The Morgan fingerprint density at radius 1 is 0.314 bits per heavy atom. The van der Waals surface area contributed by atoms with E-state index in [9.17, 15) is 14.4 Å². The van der Waals surface area contributed by atoms with Gasteiger partial charge in [-0.1, -0.05) is 168 Å². The van der Waals surface area contributed by atoms with E-state index in [0.29, 0.717) is 36.3 Å². The predicted octanol–water partition coefficient (Wildman–Crippen LogP) is 23.3. The molecule has 0 saturated heterocycles. The third-order valence-corrected chi connectivity index (χ3v) is 20.2. The molecule has 0 bridgehead atoms. The van der Waals surface area contributed by atoms with Gasteiger partial charge in [-0.3, -0.25) is 29.3 Å². The van der Waals surface area contributed by atoms with Crippen molar-refractivity contribution in [2.24, 2.45) is 0 Å². The van der Waals surface area contributed by atoms with Crippen LogP contribution in [0.25, 0.3) is 101 Å². The number of anilines is 6. The molecule has 528 valence electrons. The van der Waals surface area contributed by atoms with Crippen molar-refractivity contribution in [1.82, 2.24) is 29.9 Å². The summed E-state index contributed by atoms with van der Waals surface area (Å²) in [6.07, 6.45) is 15.1. The number of thiazole rings is 3. The van der Waals surface area contributed by atoms with Gasteiger partial charge in [0.15, 0.2) is 15.4 Å². The highest BCUT2D eigenvalue weighted by atomic mass is 32.1. The molecule has 0 aliphatic carbocycles. The maximum atomic E-state index is 12.4. The lowest BCUT2D eigenvalue weighted by Gasteiger charge is -2.18. The second-order valence-corrected chi connectivity index (χ2v) is 28.2. The van der Waals surface area contributed by atoms with E-state index < -0.39 is 0 Å². The van der Waals surface area contributed by atoms with Crippen LogP contribution < -0.4 is 16.0 Å². The number of pyridine rings is 3. The maximum Gasteiger partial charge on any atom is 0.306 e. The van der Waals surface area contributed by atoms with Crippen molar-refractivity contribution in [1.29, 1.82) is 0 Å². The van der Waals surface area contributed by atoms with Crippen LogP contribution in [0.1, 0.15) is 115 Å². The summed E-state index contributed by atoms with van der Waals surface area (Å²) in [6, 6.07) is 69.6. The smallest absolute Gasteiger partial charge is 0.306 e. The quantitative estimate of drug-likeness (QED) is 0.0200. The molecule has 13 rings (SSSR count). The fraction of sp³-hybridized carbons (Fsp3) is 0.207. The van der Waals surface area contributed by atoms with Gasteiger partial charge in [0.25, 0.3) is 0 Å². The highest BCUT2D eigenvalue weighted by Crippen LogP contribution is 2.44. The first kappa shape index (κ1) is 72.1. The van der Waals surface area contributed by atoms with E-state index in [1.807, 2.05) is 52.5 Å². The highest BCUT2D eigenvalue weighted by molar-refractivity contribution is 7.14. The van der Waals surface area contributed by atoms with Crippen LogP contribution >= 0.6 is 34.0 Å². The molecule has 18 heteroatoms. The fourth-order valence-corrected chi connectivity index (χ4v) is 14.5. The summed E-state index contributed by atoms with van der Waals surface area (Å²) in [5.74, 6) is -0.561. The lowest BCUT2D eigenvalue weighted by molar-refractivity contribution is -0.146. The molecular weight excluding hydrogens is 1360 g/mol. The molecule has 0 aliphatic rings. The Bertz CT molecular complexity index is 4580. The van der Waals surface area contributed by atoms with Crippen molar-refractivity contribution in [2.45, 2.75) is 118 Å². The minimum Gasteiger partial charge on any atom is -0.461 e. The Morgan fingerprint density at radius 2 is 0.581 bits per heavy atom. The van der Waals surface area contributed by atoms with Crippen LogP contribution in [0.15, 0.2) is 235 Å². The van der Waals surface area contributed by atoms with Crippen molar-refractivity contribution >= 4 is 84.4 Å². The number of nitrogens with zero attached hydrogens (tertiary/aromatic N) is 6. The zero-order chi connectivity index (χ0) is 72.1. The monoisotopic (exact) mass is 1440 g/mol. The highest BCUT2D eigenvalue weighted by Gasteiger charge is 2.19. The Labute approximate surface area is 624 Å². The zero-order valence-corrected chi connectivity index (χ0v) is 61.4. The first-order valence-electron chi connectivity index (χ1n) is 35.8. The summed E-state index contributed by atoms with van der Waals surface area (Å²) in [6.45, 7) is 6.92. The molecule has 7 aromatic carbocycles. The second kappa shape index (κ2) is 35.7. The summed E-state index contributed by atoms with van der Waals surface area (Å²) >= 11 is 4.50. The van der Waals surface area contributed by atoms with Gasteiger partial charge < -0.3 is 30.2 Å². The van der Waals surface area contributed by atoms with Gasteiger partial charge in [0.05, 0.1) is 17.1 Å². The van der Waals surface area contributed by atoms with Gasteiger partial charge in [-0.25, -0.2) is 15.0 Å². The second-order valence-electron chi connectivity index (χ2n) is 25.7. The molecule has 0 unspecified atom stereocenters. The number of nitrogens with one attached hydrogen (secondary N) is 3. The average molecular weight is 1440 g/mol. The fourth-order valence-electron chi connectivity index (χ4n) is 12.3. The van der Waals surface area contributed by atoms with Crippen LogP contribution in [-0.2, 0) is 48.4 Å². The SMILES string of the molecule is CCCCCC(=O)OCc1ccnc(-c2csc(Nc3ccc(-c4ccccc4-c4cc(-c5ccccc5-c5ccc(Nc6nc(-c7cc(COC(=O)CCCCC)ccn7)cs6)cc5)cc(-c5ccccc5-c5ccc(Nc6nc(-c7cc(COC(=O)CCCCC)ccn7)cs6)cc5)c4)cc3)n2)c1. The first-order chi connectivity index (χ1) is 51.6. The van der Waals surface area contributed by atoms with E-state index >= 15 is 0 Å². The largest absolute Gasteiger partial charge is 0.461 e. The Balaban J connectivity index is 0.768. The Morgan fingerprint density at radius 3 is 0.848 bits per heavy atom. The molecule has 0 spiro atoms. The average Bonchev–Trinajstić information content (AvgIpc) is 1.65. The van der Waals surface area contributed by atoms with Crippen LogP contribution in [0.4, 0.5) is 32.5 Å². The van der Waals surface area contributed by atoms with Crippen molar-refractivity contribution < 1.29 is 28.6 Å². The van der Waals surface area contributed by atoms with Crippen molar-refractivity contribution in [2.75, 3.05) is 16.0 Å². The molecule has 0 atom stereocenters. The summed E-state index contributed by atoms with van der Waals surface area (Å²) < 4.78 is 16.7. The lowest BCUT2D eigenvalue weighted by Crippen LogP contribution is -2.04. The van der Waals surface area contributed by atoms with E-state index in [1.54, 1.807) is 18.6 Å². The summed E-state index contributed by atoms with van der Waals surface area (Å²) in [5.41, 5.74) is 22.4. The standard InChI is InChI=1S/C87H81N9O6S3/c1-4-7-10-25-82(97)100-52-58-40-43-88-76(46-58)79-55-103-85(94-79)91-67-34-28-61(29-35-67)70-19-13-16-22-73(70)64-49-65(74-23-17-14-20-71(74)62-30-36-68(37-31-62)92-86-95-80(56-104-86)77-47-59(41-44-89-77)53-101-83(98)26-11-8-5-2)51-66(50-64)75-24-18-15-21-72(75)63-32-38-69(39-33-63)93-87-96-81(57-105-87)78-48-60(42-45-90-78)54-102-84(99)27-12-9-6-3/h13-24,28-51,55-57H,4-12,25-27,52-54H2,1-3H3,(H,91,94)(H,92,95)(H,93,96). The third kappa shape index (κ3) is 19.3. The molecule has 105 heavy (non-hydrogen) atoms. The number of hydrogen-bond acceptors (Lipinski definition) is 18. The zero-order valence-electron chi connectivity index (χ0n) is 59.0. The number of ether oxygens (including phenoxy) is 3. The number of aromatic nitrogens is 6. The van der Waals surface area contributed by atoms with Crippen LogP contribution in [0.3, 0.4) is 0 Å². The van der Waals surface area contributed by atoms with Gasteiger partial charge in [-0.05, 0) is 194 Å². The molecular formula is C87H81N9O6S3. The van der Waals surface area contributed by atoms with Gasteiger partial charge in [-0.15, -0.1) is 34.0 Å². The van der Waals surface area contributed by atoms with E-state index in [2.05, 4.69) is 215 Å². The number of hydrogen-bond donors (Lipinski definition) is 3. The van der Waals surface area contributed by atoms with Crippen molar-refractivity contribution in [3.8, 4) is 101 Å². The van der Waals surface area contributed by atoms with Crippen LogP contribution in [0, 0.1) is 0 Å². The number of benzene rings is 7. The van der Waals surface area contributed by atoms with Crippen LogP contribution in [0.5, 0.6) is 0 Å². The first-order valence-corrected chi connectivity index (χ1v) is 38.5. The van der Waals surface area contributed by atoms with E-state index in [1.165, 1.54) is 34.0 Å². The molecule has 0 amide bonds. The minimum absolute atomic E-state index is 0.187. The maximum absolute atomic E-state index is 12.4. The van der Waals surface area contributed by atoms with Gasteiger partial charge in [0.1, 0.15) is 36.9 Å². The summed E-state index contributed by atoms with van der Waals surface area (Å²) in [7, 11) is 0. The molecule has 0 fully saturated rings. The Hall–Kier alpha value is -11.3. The van der Waals surface area contributed by atoms with Gasteiger partial charge in [0.2, 0.25) is 0 Å². The summed E-state index contributed by atoms with van der Waals surface area (Å²) in [5, 5.41) is 18.7. The molecule has 6 heterocycles. The van der Waals surface area contributed by atoms with Crippen LogP contribution in [-0.4, -0.2) is 47.8 Å². The van der Waals surface area contributed by atoms with Crippen LogP contribution in [0.2, 0.25) is 0 Å². The third-order valence-electron chi connectivity index (χ3n) is 17.9. The number of rotatable bonds is 33. The minimum atomic E-state index is -0.187. The number of carbonyl (C=O) groups excluding carboxylic acids is 3. The normalized spacial score (nSPS) is 11.1. The number of esters is 3. The topological polar surface area (TPSA) is 192 Å². The molecule has 0 radical (unpaired) electrons. The van der Waals surface area contributed by atoms with E-state index in [-0.39, 0.29) is 37.7 Å². The number of carbonyl (C=O) groups is 3. The molecule has 6 aromatic heterocycles. The van der Waals surface area contributed by atoms with Crippen molar-refractivity contribution in [3.05, 3.63) is 252 Å². The summed E-state index contributed by atoms with van der Waals surface area (Å²) in [4.78, 5) is 65.6. The molecule has 13 aromatic rings. The molecule has 0 saturated carbocycles. The molecule has 0 aliphatic heterocycles. The molecule has 3 N–H and O–H groups in total. The van der Waals surface area contributed by atoms with E-state index in [4.69, 9.17) is 29.2 Å². The number of unbranched alkanes of at least 4 members (excludes halogenated alkanes) is 6.